The third-order valence-electron chi connectivity index (χ3n) is 5.86. The summed E-state index contributed by atoms with van der Waals surface area (Å²) in [5.41, 5.74) is 3.07. The molecule has 1 aliphatic heterocycles. The van der Waals surface area contributed by atoms with Crippen LogP contribution in [0.25, 0.3) is 22.3 Å². The average Bonchev–Trinajstić information content (AvgIpc) is 3.22. The summed E-state index contributed by atoms with van der Waals surface area (Å²) in [6.07, 6.45) is 0. The van der Waals surface area contributed by atoms with Crippen molar-refractivity contribution in [1.82, 2.24) is 25.1 Å². The van der Waals surface area contributed by atoms with Crippen LogP contribution >= 0.6 is 0 Å². The molecule has 0 saturated carbocycles. The van der Waals surface area contributed by atoms with Gasteiger partial charge in [0.1, 0.15) is 11.6 Å². The van der Waals surface area contributed by atoms with E-state index in [2.05, 4.69) is 33.4 Å². The fourth-order valence-corrected chi connectivity index (χ4v) is 4.04. The van der Waals surface area contributed by atoms with Crippen molar-refractivity contribution in [3.05, 3.63) is 60.2 Å². The molecule has 1 fully saturated rings. The molecule has 1 amide bonds. The second kappa shape index (κ2) is 8.30. The molecule has 32 heavy (non-hydrogen) atoms. The molecule has 1 saturated heterocycles. The van der Waals surface area contributed by atoms with Crippen LogP contribution < -0.4 is 10.2 Å². The van der Waals surface area contributed by atoms with Crippen LogP contribution in [0.1, 0.15) is 12.5 Å². The first-order valence-electron chi connectivity index (χ1n) is 10.7. The number of H-pyrrole nitrogens is 1. The van der Waals surface area contributed by atoms with E-state index < -0.39 is 0 Å². The Morgan fingerprint density at radius 2 is 1.75 bits per heavy atom. The van der Waals surface area contributed by atoms with Gasteiger partial charge in [-0.05, 0) is 24.6 Å². The minimum atomic E-state index is 0.112. The van der Waals surface area contributed by atoms with Gasteiger partial charge in [-0.2, -0.15) is 5.10 Å². The Balaban J connectivity index is 1.53. The first-order valence-corrected chi connectivity index (χ1v) is 10.7. The maximum atomic E-state index is 11.7. The number of para-hydroxylation sites is 1. The number of aromatic amines is 1. The molecule has 2 aromatic carbocycles. The summed E-state index contributed by atoms with van der Waals surface area (Å²) in [6.45, 7) is 6.51. The number of nitrogens with zero attached hydrogens (tertiary/aromatic N) is 5. The van der Waals surface area contributed by atoms with Crippen molar-refractivity contribution in [3.63, 3.8) is 0 Å². The minimum absolute atomic E-state index is 0.112. The van der Waals surface area contributed by atoms with Crippen molar-refractivity contribution in [3.8, 4) is 11.4 Å². The van der Waals surface area contributed by atoms with Crippen molar-refractivity contribution in [1.29, 1.82) is 0 Å². The van der Waals surface area contributed by atoms with E-state index in [-0.39, 0.29) is 5.91 Å². The van der Waals surface area contributed by atoms with E-state index >= 15 is 0 Å². The maximum absolute atomic E-state index is 11.7. The van der Waals surface area contributed by atoms with Crippen LogP contribution in [-0.4, -0.2) is 57.2 Å². The van der Waals surface area contributed by atoms with Crippen molar-refractivity contribution >= 4 is 34.3 Å². The van der Waals surface area contributed by atoms with Crippen molar-refractivity contribution in [2.45, 2.75) is 13.8 Å². The van der Waals surface area contributed by atoms with Crippen LogP contribution in [0.2, 0.25) is 0 Å². The number of hydrogen-bond acceptors (Lipinski definition) is 6. The van der Waals surface area contributed by atoms with Gasteiger partial charge < -0.3 is 15.1 Å². The number of benzene rings is 2. The minimum Gasteiger partial charge on any atom is -0.353 e. The fourth-order valence-electron chi connectivity index (χ4n) is 4.04. The Kier molecular flexibility index (Phi) is 5.18. The highest BCUT2D eigenvalue weighted by atomic mass is 16.2. The molecule has 0 radical (unpaired) electrons. The van der Waals surface area contributed by atoms with E-state index in [1.165, 1.54) is 0 Å². The van der Waals surface area contributed by atoms with Gasteiger partial charge in [-0.25, -0.2) is 9.97 Å². The first kappa shape index (κ1) is 20.0. The van der Waals surface area contributed by atoms with Gasteiger partial charge in [-0.3, -0.25) is 9.89 Å². The van der Waals surface area contributed by atoms with Gasteiger partial charge in [0.25, 0.3) is 0 Å². The number of aryl methyl sites for hydroxylation is 1. The molecule has 162 valence electrons. The van der Waals surface area contributed by atoms with Crippen molar-refractivity contribution in [2.75, 3.05) is 36.4 Å². The SMILES string of the molecule is CC(=O)N1CCN(c2cc(Nc3n[nH]c4ccccc34)nc(-c3ccccc3C)n2)CC1. The molecular formula is C24H25N7O. The Morgan fingerprint density at radius 1 is 1.00 bits per heavy atom. The monoisotopic (exact) mass is 427 g/mol. The molecule has 3 heterocycles. The zero-order chi connectivity index (χ0) is 22.1. The quantitative estimate of drug-likeness (QED) is 0.516. The van der Waals surface area contributed by atoms with Gasteiger partial charge in [0.15, 0.2) is 11.6 Å². The van der Waals surface area contributed by atoms with Gasteiger partial charge in [-0.15, -0.1) is 0 Å². The summed E-state index contributed by atoms with van der Waals surface area (Å²) in [5.74, 6) is 3.02. The topological polar surface area (TPSA) is 90.0 Å². The summed E-state index contributed by atoms with van der Waals surface area (Å²) >= 11 is 0. The number of carbonyl (C=O) groups is 1. The highest BCUT2D eigenvalue weighted by Crippen LogP contribution is 2.28. The molecule has 0 atom stereocenters. The molecule has 0 unspecified atom stereocenters. The number of hydrogen-bond donors (Lipinski definition) is 2. The van der Waals surface area contributed by atoms with Crippen LogP contribution in [-0.2, 0) is 4.79 Å². The van der Waals surface area contributed by atoms with Crippen LogP contribution in [0.4, 0.5) is 17.5 Å². The van der Waals surface area contributed by atoms with Crippen LogP contribution in [0.3, 0.4) is 0 Å². The highest BCUT2D eigenvalue weighted by Gasteiger charge is 2.21. The third kappa shape index (κ3) is 3.87. The predicted molar refractivity (Wildman–Crippen MR) is 126 cm³/mol. The number of fused-ring (bicyclic) bond motifs is 1. The molecule has 4 aromatic rings. The summed E-state index contributed by atoms with van der Waals surface area (Å²) < 4.78 is 0. The summed E-state index contributed by atoms with van der Waals surface area (Å²) in [5, 5.41) is 11.9. The van der Waals surface area contributed by atoms with E-state index in [1.54, 1.807) is 6.92 Å². The number of nitrogens with one attached hydrogen (secondary N) is 2. The van der Waals surface area contributed by atoms with Crippen molar-refractivity contribution in [2.24, 2.45) is 0 Å². The van der Waals surface area contributed by atoms with Crippen molar-refractivity contribution < 1.29 is 4.79 Å². The maximum Gasteiger partial charge on any atom is 0.219 e. The largest absolute Gasteiger partial charge is 0.353 e. The molecule has 2 aromatic heterocycles. The molecule has 0 spiro atoms. The number of amides is 1. The number of anilines is 3. The van der Waals surface area contributed by atoms with Crippen LogP contribution in [0, 0.1) is 6.92 Å². The lowest BCUT2D eigenvalue weighted by Crippen LogP contribution is -2.48. The molecule has 8 heteroatoms. The van der Waals surface area contributed by atoms with Crippen LogP contribution in [0.5, 0.6) is 0 Å². The van der Waals surface area contributed by atoms with E-state index in [1.807, 2.05) is 53.4 Å². The predicted octanol–water partition coefficient (Wildman–Crippen LogP) is 3.74. The zero-order valence-corrected chi connectivity index (χ0v) is 18.2. The summed E-state index contributed by atoms with van der Waals surface area (Å²) in [6, 6.07) is 18.0. The summed E-state index contributed by atoms with van der Waals surface area (Å²) in [7, 11) is 0. The van der Waals surface area contributed by atoms with Gasteiger partial charge in [0.2, 0.25) is 5.91 Å². The second-order valence-electron chi connectivity index (χ2n) is 7.99. The molecule has 1 aliphatic rings. The highest BCUT2D eigenvalue weighted by molar-refractivity contribution is 5.91. The Bertz CT molecular complexity index is 1270. The molecule has 0 bridgehead atoms. The van der Waals surface area contributed by atoms with E-state index in [0.29, 0.717) is 24.7 Å². The lowest BCUT2D eigenvalue weighted by Gasteiger charge is -2.35. The molecule has 5 rings (SSSR count). The molecular weight excluding hydrogens is 402 g/mol. The number of rotatable bonds is 4. The Morgan fingerprint density at radius 3 is 2.53 bits per heavy atom. The smallest absolute Gasteiger partial charge is 0.219 e. The summed E-state index contributed by atoms with van der Waals surface area (Å²) in [4.78, 5) is 25.5. The fraction of sp³-hybridized carbons (Fsp3) is 0.250. The second-order valence-corrected chi connectivity index (χ2v) is 7.99. The molecule has 8 nitrogen and oxygen atoms in total. The third-order valence-corrected chi connectivity index (χ3v) is 5.86. The zero-order valence-electron chi connectivity index (χ0n) is 18.2. The number of carbonyl (C=O) groups excluding carboxylic acids is 1. The van der Waals surface area contributed by atoms with Gasteiger partial charge >= 0.3 is 0 Å². The van der Waals surface area contributed by atoms with Gasteiger partial charge in [0.05, 0.1) is 5.52 Å². The standard InChI is InChI=1S/C24H25N7O/c1-16-7-3-4-8-18(16)23-25-21(26-24-19-9-5-6-10-20(19)28-29-24)15-22(27-23)31-13-11-30(12-14-31)17(2)32/h3-10,15H,11-14H2,1-2H3,(H2,25,26,27,28,29). The van der Waals surface area contributed by atoms with E-state index in [0.717, 1.165) is 46.8 Å². The van der Waals surface area contributed by atoms with E-state index in [9.17, 15) is 4.79 Å². The van der Waals surface area contributed by atoms with Crippen LogP contribution in [0.15, 0.2) is 54.6 Å². The Hall–Kier alpha value is -3.94. The van der Waals surface area contributed by atoms with Gasteiger partial charge in [-0.1, -0.05) is 36.4 Å². The molecule has 0 aliphatic carbocycles. The van der Waals surface area contributed by atoms with E-state index in [4.69, 9.17) is 9.97 Å². The Labute approximate surface area is 186 Å². The average molecular weight is 428 g/mol. The number of piperazine rings is 1. The first-order chi connectivity index (χ1) is 15.6. The molecule has 2 N–H and O–H groups in total. The van der Waals surface area contributed by atoms with Gasteiger partial charge in [0, 0.05) is 50.1 Å². The normalized spacial score (nSPS) is 14.1. The lowest BCUT2D eigenvalue weighted by atomic mass is 10.1. The lowest BCUT2D eigenvalue weighted by molar-refractivity contribution is -0.129. The number of aromatic nitrogens is 4.